The topological polar surface area (TPSA) is 18.5 Å². The third-order valence-electron chi connectivity index (χ3n) is 12.3. The Bertz CT molecular complexity index is 1340. The average Bonchev–Trinajstić information content (AvgIpc) is 3.26. The first-order valence-corrected chi connectivity index (χ1v) is 26.2. The highest BCUT2D eigenvalue weighted by molar-refractivity contribution is 6.31. The summed E-state index contributed by atoms with van der Waals surface area (Å²) in [6, 6.07) is 21.8. The van der Waals surface area contributed by atoms with Gasteiger partial charge in [0.05, 0.1) is 13.2 Å². The third kappa shape index (κ3) is 23.0. The van der Waals surface area contributed by atoms with Crippen LogP contribution in [0.3, 0.4) is 0 Å². The minimum Gasteiger partial charge on any atom is -0.493 e. The van der Waals surface area contributed by atoms with Gasteiger partial charge in [0.25, 0.3) is 0 Å². The maximum Gasteiger partial charge on any atom is 0.123 e. The van der Waals surface area contributed by atoms with E-state index >= 15 is 0 Å². The Kier molecular flexibility index (Phi) is 30.3. The van der Waals surface area contributed by atoms with E-state index in [1.807, 2.05) is 54.6 Å². The van der Waals surface area contributed by atoms with Gasteiger partial charge in [0.2, 0.25) is 0 Å². The summed E-state index contributed by atoms with van der Waals surface area (Å²) in [5.74, 6) is 1.59. The van der Waals surface area contributed by atoms with Crippen LogP contribution in [-0.2, 0) is 4.87 Å². The van der Waals surface area contributed by atoms with E-state index in [1.165, 1.54) is 193 Å². The molecule has 0 saturated carbocycles. The predicted octanol–water partition coefficient (Wildman–Crippen LogP) is 19.8. The highest BCUT2D eigenvalue weighted by Gasteiger charge is 2.35. The molecule has 0 amide bonds. The second-order valence-electron chi connectivity index (χ2n) is 17.7. The van der Waals surface area contributed by atoms with Gasteiger partial charge in [0, 0.05) is 16.1 Å². The molecule has 3 rings (SSSR count). The lowest BCUT2D eigenvalue weighted by atomic mass is 9.84. The molecule has 0 aliphatic rings. The smallest absolute Gasteiger partial charge is 0.123 e. The van der Waals surface area contributed by atoms with Gasteiger partial charge in [-0.05, 0) is 65.9 Å². The molecule has 0 saturated heterocycles. The fraction of sp³-hybridized carbons (Fsp3) is 0.673. The molecule has 0 atom stereocenters. The van der Waals surface area contributed by atoms with E-state index < -0.39 is 4.87 Å². The molecule has 0 aromatic heterocycles. The molecule has 60 heavy (non-hydrogen) atoms. The van der Waals surface area contributed by atoms with Crippen molar-refractivity contribution in [2.45, 2.75) is 224 Å². The van der Waals surface area contributed by atoms with Crippen molar-refractivity contribution < 1.29 is 9.47 Å². The highest BCUT2D eigenvalue weighted by Crippen LogP contribution is 2.46. The Hall–Kier alpha value is -1.87. The zero-order valence-corrected chi connectivity index (χ0v) is 40.6. The van der Waals surface area contributed by atoms with E-state index in [1.54, 1.807) is 0 Å². The van der Waals surface area contributed by atoms with Crippen LogP contribution >= 0.6 is 34.8 Å². The monoisotopic (exact) mass is 883 g/mol. The number of benzene rings is 3. The fourth-order valence-electron chi connectivity index (χ4n) is 8.48. The normalized spacial score (nSPS) is 11.7. The van der Waals surface area contributed by atoms with Crippen molar-refractivity contribution in [2.24, 2.45) is 0 Å². The van der Waals surface area contributed by atoms with Gasteiger partial charge in [-0.2, -0.15) is 0 Å². The summed E-state index contributed by atoms with van der Waals surface area (Å²) in [6.07, 6.45) is 43.4. The molecule has 0 unspecified atom stereocenters. The standard InChI is InChI=1S/C55H85Cl3O2/c1-3-5-7-9-11-13-15-17-19-21-23-25-27-29-31-33-43-59-53-45-50(55(58,48-35-39-51(56)40-36-48)49-37-41-52(57)42-38-49)46-54(47-53)60-44-34-32-30-28-26-24-22-20-18-16-14-12-10-8-6-4-2/h35-42,45-47H,3-34,43-44H2,1-2H3. The molecule has 0 spiro atoms. The first kappa shape index (κ1) is 52.5. The Morgan fingerprint density at radius 3 is 0.850 bits per heavy atom. The molecule has 0 bridgehead atoms. The SMILES string of the molecule is CCCCCCCCCCCCCCCCCCOc1cc(OCCCCCCCCCCCCCCCCCC)cc(C(Cl)(c2ccc(Cl)cc2)c2ccc(Cl)cc2)c1. The van der Waals surface area contributed by atoms with E-state index in [9.17, 15) is 0 Å². The molecule has 3 aromatic carbocycles. The lowest BCUT2D eigenvalue weighted by molar-refractivity contribution is 0.289. The zero-order chi connectivity index (χ0) is 42.8. The van der Waals surface area contributed by atoms with Crippen molar-refractivity contribution in [1.82, 2.24) is 0 Å². The number of hydrogen-bond acceptors (Lipinski definition) is 2. The Balaban J connectivity index is 1.45. The van der Waals surface area contributed by atoms with Crippen molar-refractivity contribution in [3.05, 3.63) is 93.5 Å². The molecule has 0 radical (unpaired) electrons. The van der Waals surface area contributed by atoms with Gasteiger partial charge in [0.1, 0.15) is 16.4 Å². The van der Waals surface area contributed by atoms with Crippen LogP contribution in [0.2, 0.25) is 10.0 Å². The van der Waals surface area contributed by atoms with Crippen LogP contribution in [0.5, 0.6) is 11.5 Å². The molecule has 5 heteroatoms. The van der Waals surface area contributed by atoms with E-state index in [0.717, 1.165) is 41.0 Å². The summed E-state index contributed by atoms with van der Waals surface area (Å²) in [7, 11) is 0. The molecule has 3 aromatic rings. The fourth-order valence-corrected chi connectivity index (χ4v) is 9.09. The second kappa shape index (κ2) is 34.6. The Morgan fingerprint density at radius 2 is 0.583 bits per heavy atom. The van der Waals surface area contributed by atoms with Crippen molar-refractivity contribution >= 4 is 34.8 Å². The van der Waals surface area contributed by atoms with E-state index in [-0.39, 0.29) is 0 Å². The number of hydrogen-bond donors (Lipinski definition) is 0. The van der Waals surface area contributed by atoms with Crippen LogP contribution in [0.25, 0.3) is 0 Å². The number of halogens is 3. The summed E-state index contributed by atoms with van der Waals surface area (Å²) in [5, 5.41) is 1.35. The van der Waals surface area contributed by atoms with Crippen LogP contribution in [0, 0.1) is 0 Å². The summed E-state index contributed by atoms with van der Waals surface area (Å²) >= 11 is 20.5. The van der Waals surface area contributed by atoms with Crippen LogP contribution in [0.15, 0.2) is 66.7 Å². The van der Waals surface area contributed by atoms with Gasteiger partial charge in [0.15, 0.2) is 0 Å². The molecular formula is C55H85Cl3O2. The second-order valence-corrected chi connectivity index (χ2v) is 19.1. The van der Waals surface area contributed by atoms with Crippen LogP contribution in [0.1, 0.15) is 236 Å². The first-order valence-electron chi connectivity index (χ1n) is 25.1. The summed E-state index contributed by atoms with van der Waals surface area (Å²) in [6.45, 7) is 5.94. The van der Waals surface area contributed by atoms with Gasteiger partial charge >= 0.3 is 0 Å². The number of unbranched alkanes of at least 4 members (excludes halogenated alkanes) is 30. The lowest BCUT2D eigenvalue weighted by Gasteiger charge is -2.30. The maximum absolute atomic E-state index is 7.78. The maximum atomic E-state index is 7.78. The van der Waals surface area contributed by atoms with Crippen LogP contribution in [0.4, 0.5) is 0 Å². The van der Waals surface area contributed by atoms with Crippen LogP contribution in [-0.4, -0.2) is 13.2 Å². The van der Waals surface area contributed by atoms with E-state index in [0.29, 0.717) is 23.3 Å². The molecule has 0 aliphatic heterocycles. The predicted molar refractivity (Wildman–Crippen MR) is 265 cm³/mol. The van der Waals surface area contributed by atoms with E-state index in [2.05, 4.69) is 26.0 Å². The van der Waals surface area contributed by atoms with Crippen molar-refractivity contribution in [3.8, 4) is 11.5 Å². The largest absolute Gasteiger partial charge is 0.493 e. The van der Waals surface area contributed by atoms with Gasteiger partial charge in [-0.3, -0.25) is 0 Å². The molecule has 0 fully saturated rings. The van der Waals surface area contributed by atoms with Gasteiger partial charge in [-0.25, -0.2) is 0 Å². The van der Waals surface area contributed by atoms with Crippen molar-refractivity contribution in [2.75, 3.05) is 13.2 Å². The molecule has 0 aliphatic carbocycles. The lowest BCUT2D eigenvalue weighted by Crippen LogP contribution is -2.22. The van der Waals surface area contributed by atoms with Crippen molar-refractivity contribution in [3.63, 3.8) is 0 Å². The zero-order valence-electron chi connectivity index (χ0n) is 38.3. The molecular weight excluding hydrogens is 799 g/mol. The quantitative estimate of drug-likeness (QED) is 0.0323. The van der Waals surface area contributed by atoms with Crippen LogP contribution < -0.4 is 9.47 Å². The Labute approximate surface area is 384 Å². The third-order valence-corrected chi connectivity index (χ3v) is 13.5. The Morgan fingerprint density at radius 1 is 0.333 bits per heavy atom. The molecule has 2 nitrogen and oxygen atoms in total. The van der Waals surface area contributed by atoms with E-state index in [4.69, 9.17) is 44.3 Å². The van der Waals surface area contributed by atoms with Gasteiger partial charge < -0.3 is 9.47 Å². The minimum atomic E-state index is -0.991. The molecule has 0 N–H and O–H groups in total. The number of alkyl halides is 1. The summed E-state index contributed by atoms with van der Waals surface area (Å²) in [5.41, 5.74) is 2.75. The minimum absolute atomic E-state index is 0.674. The first-order chi connectivity index (χ1) is 29.5. The number of ether oxygens (including phenoxy) is 2. The van der Waals surface area contributed by atoms with Gasteiger partial charge in [-0.15, -0.1) is 11.6 Å². The number of rotatable bonds is 39. The van der Waals surface area contributed by atoms with Crippen molar-refractivity contribution in [1.29, 1.82) is 0 Å². The summed E-state index contributed by atoms with van der Waals surface area (Å²) in [4.78, 5) is -0.991. The highest BCUT2D eigenvalue weighted by atomic mass is 35.5. The molecule has 0 heterocycles. The molecule has 338 valence electrons. The summed E-state index contributed by atoms with van der Waals surface area (Å²) < 4.78 is 12.9. The van der Waals surface area contributed by atoms with Gasteiger partial charge in [-0.1, -0.05) is 254 Å². The average molecular weight is 885 g/mol.